The van der Waals surface area contributed by atoms with Crippen LogP contribution in [0.3, 0.4) is 0 Å². The molecular formula is C10H12N2O2. The van der Waals surface area contributed by atoms with Gasteiger partial charge in [0.05, 0.1) is 12.8 Å². The topological polar surface area (TPSA) is 55.6 Å². The molecule has 0 unspecified atom stereocenters. The number of methoxy groups -OCH3 is 1. The lowest BCUT2D eigenvalue weighted by Crippen LogP contribution is -2.40. The van der Waals surface area contributed by atoms with E-state index in [2.05, 4.69) is 0 Å². The van der Waals surface area contributed by atoms with Crippen molar-refractivity contribution in [1.82, 2.24) is 0 Å². The number of nitrogens with zero attached hydrogens (tertiary/aromatic N) is 1. The zero-order valence-electron chi connectivity index (χ0n) is 7.99. The number of fused-ring (bicyclic) bond motifs is 1. The van der Waals surface area contributed by atoms with E-state index >= 15 is 0 Å². The zero-order valence-corrected chi connectivity index (χ0v) is 7.99. The van der Waals surface area contributed by atoms with E-state index in [-0.39, 0.29) is 5.91 Å². The van der Waals surface area contributed by atoms with Gasteiger partial charge in [-0.2, -0.15) is 0 Å². The second kappa shape index (κ2) is 3.31. The molecule has 1 amide bonds. The maximum absolute atomic E-state index is 11.3. The minimum Gasteiger partial charge on any atom is -0.496 e. The summed E-state index contributed by atoms with van der Waals surface area (Å²) >= 11 is 0. The van der Waals surface area contributed by atoms with Crippen molar-refractivity contribution in [2.24, 2.45) is 5.84 Å². The van der Waals surface area contributed by atoms with E-state index in [4.69, 9.17) is 10.6 Å². The molecule has 2 rings (SSSR count). The molecule has 4 heteroatoms. The van der Waals surface area contributed by atoms with E-state index in [1.165, 1.54) is 5.01 Å². The minimum atomic E-state index is -0.0502. The summed E-state index contributed by atoms with van der Waals surface area (Å²) in [5.74, 6) is 6.39. The van der Waals surface area contributed by atoms with Crippen LogP contribution in [0, 0.1) is 0 Å². The number of anilines is 1. The number of rotatable bonds is 1. The van der Waals surface area contributed by atoms with Crippen molar-refractivity contribution in [3.8, 4) is 5.75 Å². The van der Waals surface area contributed by atoms with Crippen molar-refractivity contribution >= 4 is 11.6 Å². The molecule has 0 aliphatic carbocycles. The molecule has 1 aromatic carbocycles. The van der Waals surface area contributed by atoms with E-state index in [9.17, 15) is 4.79 Å². The lowest BCUT2D eigenvalue weighted by molar-refractivity contribution is -0.119. The highest BCUT2D eigenvalue weighted by Gasteiger charge is 2.23. The molecule has 0 fully saturated rings. The summed E-state index contributed by atoms with van der Waals surface area (Å²) in [5.41, 5.74) is 1.76. The molecule has 0 saturated carbocycles. The highest BCUT2D eigenvalue weighted by atomic mass is 16.5. The van der Waals surface area contributed by atoms with Crippen LogP contribution in [0.2, 0.25) is 0 Å². The van der Waals surface area contributed by atoms with E-state index in [0.717, 1.165) is 17.0 Å². The van der Waals surface area contributed by atoms with Crippen LogP contribution in [0.25, 0.3) is 0 Å². The Bertz CT molecular complexity index is 376. The van der Waals surface area contributed by atoms with Crippen LogP contribution in [0.4, 0.5) is 5.69 Å². The Morgan fingerprint density at radius 3 is 2.93 bits per heavy atom. The van der Waals surface area contributed by atoms with Crippen molar-refractivity contribution in [3.05, 3.63) is 23.8 Å². The number of nitrogens with two attached hydrogens (primary N) is 1. The number of ether oxygens (including phenoxy) is 1. The van der Waals surface area contributed by atoms with E-state index in [0.29, 0.717) is 12.8 Å². The number of hydrogen-bond acceptors (Lipinski definition) is 3. The van der Waals surface area contributed by atoms with Crippen LogP contribution in [-0.2, 0) is 11.2 Å². The first-order valence-corrected chi connectivity index (χ1v) is 4.47. The summed E-state index contributed by atoms with van der Waals surface area (Å²) in [6.45, 7) is 0. The fraction of sp³-hybridized carbons (Fsp3) is 0.300. The molecule has 0 bridgehead atoms. The van der Waals surface area contributed by atoms with Crippen LogP contribution in [0.1, 0.15) is 12.0 Å². The summed E-state index contributed by atoms with van der Waals surface area (Å²) in [4.78, 5) is 11.3. The number of benzene rings is 1. The maximum atomic E-state index is 11.3. The lowest BCUT2D eigenvalue weighted by Gasteiger charge is -2.26. The van der Waals surface area contributed by atoms with Crippen LogP contribution in [0.15, 0.2) is 18.2 Å². The number of carbonyl (C=O) groups excluding carboxylic acids is 1. The third kappa shape index (κ3) is 1.24. The molecule has 1 aliphatic rings. The average molecular weight is 192 g/mol. The van der Waals surface area contributed by atoms with Crippen molar-refractivity contribution in [3.63, 3.8) is 0 Å². The maximum Gasteiger partial charge on any atom is 0.241 e. The first-order valence-electron chi connectivity index (χ1n) is 4.47. The first-order chi connectivity index (χ1) is 6.74. The van der Waals surface area contributed by atoms with Crippen LogP contribution in [0.5, 0.6) is 5.75 Å². The lowest BCUT2D eigenvalue weighted by atomic mass is 10.0. The molecule has 1 heterocycles. The Morgan fingerprint density at radius 2 is 2.21 bits per heavy atom. The van der Waals surface area contributed by atoms with Crippen molar-refractivity contribution in [1.29, 1.82) is 0 Å². The average Bonchev–Trinajstić information content (AvgIpc) is 2.23. The van der Waals surface area contributed by atoms with Crippen molar-refractivity contribution in [2.75, 3.05) is 12.1 Å². The Morgan fingerprint density at radius 1 is 1.43 bits per heavy atom. The van der Waals surface area contributed by atoms with Gasteiger partial charge in [-0.15, -0.1) is 0 Å². The van der Waals surface area contributed by atoms with E-state index in [1.807, 2.05) is 18.2 Å². The van der Waals surface area contributed by atoms with Crippen LogP contribution >= 0.6 is 0 Å². The largest absolute Gasteiger partial charge is 0.496 e. The summed E-state index contributed by atoms with van der Waals surface area (Å²) in [6, 6.07) is 5.54. The molecule has 0 saturated heterocycles. The smallest absolute Gasteiger partial charge is 0.241 e. The number of hydrazine groups is 1. The second-order valence-corrected chi connectivity index (χ2v) is 3.22. The predicted octanol–water partition coefficient (Wildman–Crippen LogP) is 0.848. The number of amides is 1. The van der Waals surface area contributed by atoms with Gasteiger partial charge in [0.2, 0.25) is 5.91 Å². The number of carbonyl (C=O) groups is 1. The van der Waals surface area contributed by atoms with Gasteiger partial charge in [0.1, 0.15) is 5.75 Å². The molecule has 0 atom stereocenters. The first kappa shape index (κ1) is 9.02. The fourth-order valence-corrected chi connectivity index (χ4v) is 1.71. The molecular weight excluding hydrogens is 180 g/mol. The summed E-state index contributed by atoms with van der Waals surface area (Å²) in [7, 11) is 1.62. The Kier molecular flexibility index (Phi) is 2.13. The molecule has 0 aromatic heterocycles. The fourth-order valence-electron chi connectivity index (χ4n) is 1.71. The van der Waals surface area contributed by atoms with Crippen molar-refractivity contribution < 1.29 is 9.53 Å². The normalized spacial score (nSPS) is 15.3. The Balaban J connectivity index is 2.52. The molecule has 0 radical (unpaired) electrons. The minimum absolute atomic E-state index is 0.0502. The molecule has 2 N–H and O–H groups in total. The van der Waals surface area contributed by atoms with Gasteiger partial charge in [-0.3, -0.25) is 4.79 Å². The molecule has 1 aliphatic heterocycles. The van der Waals surface area contributed by atoms with Crippen LogP contribution in [-0.4, -0.2) is 13.0 Å². The SMILES string of the molecule is COc1cccc2c1CCC(=O)N2N. The van der Waals surface area contributed by atoms with E-state index in [1.54, 1.807) is 7.11 Å². The van der Waals surface area contributed by atoms with Gasteiger partial charge >= 0.3 is 0 Å². The summed E-state index contributed by atoms with van der Waals surface area (Å²) in [5, 5.41) is 1.20. The zero-order chi connectivity index (χ0) is 10.1. The van der Waals surface area contributed by atoms with E-state index < -0.39 is 0 Å². The van der Waals surface area contributed by atoms with Gasteiger partial charge in [0, 0.05) is 12.0 Å². The summed E-state index contributed by atoms with van der Waals surface area (Å²) < 4.78 is 5.20. The second-order valence-electron chi connectivity index (χ2n) is 3.22. The van der Waals surface area contributed by atoms with Gasteiger partial charge in [0.15, 0.2) is 0 Å². The molecule has 1 aromatic rings. The summed E-state index contributed by atoms with van der Waals surface area (Å²) in [6.07, 6.45) is 1.15. The van der Waals surface area contributed by atoms with Gasteiger partial charge in [-0.05, 0) is 18.6 Å². The molecule has 0 spiro atoms. The Labute approximate surface area is 82.2 Å². The quantitative estimate of drug-likeness (QED) is 0.530. The predicted molar refractivity (Wildman–Crippen MR) is 53.0 cm³/mol. The molecule has 14 heavy (non-hydrogen) atoms. The van der Waals surface area contributed by atoms with Gasteiger partial charge in [-0.1, -0.05) is 6.07 Å². The van der Waals surface area contributed by atoms with Gasteiger partial charge < -0.3 is 4.74 Å². The molecule has 74 valence electrons. The third-order valence-corrected chi connectivity index (χ3v) is 2.45. The molecule has 4 nitrogen and oxygen atoms in total. The van der Waals surface area contributed by atoms with Crippen molar-refractivity contribution in [2.45, 2.75) is 12.8 Å². The monoisotopic (exact) mass is 192 g/mol. The third-order valence-electron chi connectivity index (χ3n) is 2.45. The van der Waals surface area contributed by atoms with Gasteiger partial charge in [0.25, 0.3) is 0 Å². The highest BCUT2D eigenvalue weighted by molar-refractivity contribution is 5.95. The van der Waals surface area contributed by atoms with Gasteiger partial charge in [-0.25, -0.2) is 10.9 Å². The highest BCUT2D eigenvalue weighted by Crippen LogP contribution is 2.32. The number of hydrogen-bond donors (Lipinski definition) is 1. The van der Waals surface area contributed by atoms with Crippen LogP contribution < -0.4 is 15.6 Å². The standard InChI is InChI=1S/C10H12N2O2/c1-14-9-4-2-3-8-7(9)5-6-10(13)12(8)11/h2-4H,5-6,11H2,1H3. The Hall–Kier alpha value is -1.55.